The fourth-order valence-corrected chi connectivity index (χ4v) is 3.48. The lowest BCUT2D eigenvalue weighted by atomic mass is 9.91. The summed E-state index contributed by atoms with van der Waals surface area (Å²) < 4.78 is 52.5. The molecule has 36 heavy (non-hydrogen) atoms. The number of alkyl carbamates (subject to hydrolysis) is 1. The molecule has 1 aromatic heterocycles. The van der Waals surface area contributed by atoms with Gasteiger partial charge in [0.2, 0.25) is 6.08 Å². The van der Waals surface area contributed by atoms with E-state index in [1.165, 1.54) is 18.5 Å². The van der Waals surface area contributed by atoms with Crippen LogP contribution < -0.4 is 10.1 Å². The van der Waals surface area contributed by atoms with Gasteiger partial charge in [0.15, 0.2) is 0 Å². The first kappa shape index (κ1) is 30.6. The number of halogens is 3. The molecule has 1 aromatic carbocycles. The van der Waals surface area contributed by atoms with Crippen LogP contribution in [0.3, 0.4) is 0 Å². The van der Waals surface area contributed by atoms with Gasteiger partial charge in [0.1, 0.15) is 24.3 Å². The molecule has 198 valence electrons. The average Bonchev–Trinajstić information content (AvgIpc) is 2.70. The molecule has 0 bridgehead atoms. The van der Waals surface area contributed by atoms with Crippen LogP contribution in [0.15, 0.2) is 30.6 Å². The summed E-state index contributed by atoms with van der Waals surface area (Å²) in [5, 5.41) is 8.17. The molecule has 0 aliphatic heterocycles. The molecular formula is C25H33F3N4O4. The van der Waals surface area contributed by atoms with Gasteiger partial charge < -0.3 is 14.8 Å². The lowest BCUT2D eigenvalue weighted by molar-refractivity contribution is -0.139. The highest BCUT2D eigenvalue weighted by Crippen LogP contribution is 2.39. The molecule has 0 radical (unpaired) electrons. The van der Waals surface area contributed by atoms with Crippen molar-refractivity contribution in [3.8, 4) is 17.0 Å². The number of rotatable bonds is 7. The molecule has 2 aromatic rings. The van der Waals surface area contributed by atoms with Gasteiger partial charge in [0, 0.05) is 11.3 Å². The molecule has 0 saturated heterocycles. The minimum Gasteiger partial charge on any atom is -0.491 e. The van der Waals surface area contributed by atoms with Crippen LogP contribution in [0.5, 0.6) is 5.75 Å². The van der Waals surface area contributed by atoms with Gasteiger partial charge in [0.25, 0.3) is 0 Å². The Labute approximate surface area is 209 Å². The number of aryl methyl sites for hydroxylation is 1. The van der Waals surface area contributed by atoms with Gasteiger partial charge in [-0.3, -0.25) is 0 Å². The Morgan fingerprint density at radius 1 is 1.14 bits per heavy atom. The van der Waals surface area contributed by atoms with Crippen molar-refractivity contribution in [3.63, 3.8) is 0 Å². The number of ether oxygens (including phenoxy) is 2. The smallest absolute Gasteiger partial charge is 0.419 e. The highest BCUT2D eigenvalue weighted by atomic mass is 19.4. The van der Waals surface area contributed by atoms with Crippen LogP contribution in [0.25, 0.3) is 11.3 Å². The van der Waals surface area contributed by atoms with Crippen LogP contribution in [0.4, 0.5) is 18.0 Å². The van der Waals surface area contributed by atoms with Crippen molar-refractivity contribution in [1.29, 1.82) is 5.41 Å². The number of isocyanates is 1. The SMILES string of the molecule is Cc1cc(-c2ccc(OC[C@](C)(CC(C)C)NC(=O)OC(C)(C)C)c(C(F)(F)F)c2)ncn1.N=C=O. The summed E-state index contributed by atoms with van der Waals surface area (Å²) in [4.78, 5) is 28.7. The van der Waals surface area contributed by atoms with E-state index in [-0.39, 0.29) is 18.3 Å². The molecule has 0 fully saturated rings. The van der Waals surface area contributed by atoms with Crippen molar-refractivity contribution in [2.45, 2.75) is 72.2 Å². The molecule has 1 atom stereocenters. The van der Waals surface area contributed by atoms with Crippen LogP contribution in [-0.4, -0.2) is 39.9 Å². The predicted octanol–water partition coefficient (Wildman–Crippen LogP) is 6.08. The Kier molecular flexibility index (Phi) is 10.6. The molecule has 1 amide bonds. The number of alkyl halides is 3. The zero-order valence-corrected chi connectivity index (χ0v) is 21.5. The van der Waals surface area contributed by atoms with E-state index in [1.54, 1.807) is 40.7 Å². The van der Waals surface area contributed by atoms with Crippen LogP contribution >= 0.6 is 0 Å². The molecule has 8 nitrogen and oxygen atoms in total. The molecule has 11 heteroatoms. The van der Waals surface area contributed by atoms with E-state index in [2.05, 4.69) is 15.3 Å². The quantitative estimate of drug-likeness (QED) is 0.345. The zero-order chi connectivity index (χ0) is 27.7. The van der Waals surface area contributed by atoms with Crippen LogP contribution in [-0.2, 0) is 15.7 Å². The fourth-order valence-electron chi connectivity index (χ4n) is 3.48. The molecule has 1 heterocycles. The van der Waals surface area contributed by atoms with Crippen LogP contribution in [0.1, 0.15) is 59.2 Å². The second-order valence-electron chi connectivity index (χ2n) is 9.93. The molecule has 0 aliphatic rings. The molecule has 2 N–H and O–H groups in total. The first-order chi connectivity index (χ1) is 16.5. The fraction of sp³-hybridized carbons (Fsp3) is 0.520. The number of hydrogen-bond donors (Lipinski definition) is 2. The van der Waals surface area contributed by atoms with Crippen LogP contribution in [0.2, 0.25) is 0 Å². The van der Waals surface area contributed by atoms with Gasteiger partial charge in [0.05, 0.1) is 16.8 Å². The molecule has 0 unspecified atom stereocenters. The number of carbonyl (C=O) groups excluding carboxylic acids is 2. The predicted molar refractivity (Wildman–Crippen MR) is 128 cm³/mol. The normalized spacial score (nSPS) is 13.1. The first-order valence-electron chi connectivity index (χ1n) is 11.2. The number of nitrogens with one attached hydrogen (secondary N) is 2. The highest BCUT2D eigenvalue weighted by Gasteiger charge is 2.36. The van der Waals surface area contributed by atoms with Crippen LogP contribution in [0, 0.1) is 18.3 Å². The number of aromatic nitrogens is 2. The zero-order valence-electron chi connectivity index (χ0n) is 21.5. The standard InChI is InChI=1S/C24H32F3N3O3.CHNO/c1-15(2)12-23(7,30-21(31)33-22(4,5)6)13-32-20-9-8-17(11-18(20)24(25,26)27)19-10-16(3)28-14-29-19;2-1-3/h8-11,14-15H,12-13H2,1-7H3,(H,30,31);2H/t23-;/m0./s1. The topological polar surface area (TPSA) is 114 Å². The lowest BCUT2D eigenvalue weighted by Crippen LogP contribution is -2.52. The van der Waals surface area contributed by atoms with E-state index in [4.69, 9.17) is 19.7 Å². The van der Waals surface area contributed by atoms with Gasteiger partial charge >= 0.3 is 12.3 Å². The number of hydrogen-bond acceptors (Lipinski definition) is 7. The molecule has 2 rings (SSSR count). The molecule has 0 aliphatic carbocycles. The third-order valence-electron chi connectivity index (χ3n) is 4.59. The van der Waals surface area contributed by atoms with Gasteiger partial charge in [-0.25, -0.2) is 25.0 Å². The van der Waals surface area contributed by atoms with Gasteiger partial charge in [-0.05, 0) is 71.2 Å². The summed E-state index contributed by atoms with van der Waals surface area (Å²) in [6.45, 7) is 12.4. The van der Waals surface area contributed by atoms with Gasteiger partial charge in [-0.2, -0.15) is 13.2 Å². The Balaban J connectivity index is 0.00000205. The maximum Gasteiger partial charge on any atom is 0.419 e. The van der Waals surface area contributed by atoms with E-state index < -0.39 is 29.0 Å². The Bertz CT molecular complexity index is 1060. The van der Waals surface area contributed by atoms with Crippen molar-refractivity contribution in [2.75, 3.05) is 6.61 Å². The van der Waals surface area contributed by atoms with E-state index in [0.29, 0.717) is 23.4 Å². The van der Waals surface area contributed by atoms with E-state index >= 15 is 0 Å². The van der Waals surface area contributed by atoms with Gasteiger partial charge in [-0.1, -0.05) is 13.8 Å². The van der Waals surface area contributed by atoms with Crippen molar-refractivity contribution in [3.05, 3.63) is 41.9 Å². The number of benzene rings is 1. The second-order valence-corrected chi connectivity index (χ2v) is 9.93. The number of amides is 1. The summed E-state index contributed by atoms with van der Waals surface area (Å²) in [6.07, 6.45) is -2.76. The number of nitrogens with zero attached hydrogens (tertiary/aromatic N) is 2. The summed E-state index contributed by atoms with van der Waals surface area (Å²) >= 11 is 0. The summed E-state index contributed by atoms with van der Waals surface area (Å²) in [7, 11) is 0. The molecule has 0 spiro atoms. The van der Waals surface area contributed by atoms with Crippen molar-refractivity contribution >= 4 is 12.2 Å². The monoisotopic (exact) mass is 510 g/mol. The minimum atomic E-state index is -4.64. The minimum absolute atomic E-state index is 0.152. The van der Waals surface area contributed by atoms with Gasteiger partial charge in [-0.15, -0.1) is 0 Å². The molecular weight excluding hydrogens is 477 g/mol. The Hall–Kier alpha value is -3.46. The molecule has 0 saturated carbocycles. The third kappa shape index (κ3) is 10.4. The van der Waals surface area contributed by atoms with E-state index in [0.717, 1.165) is 12.1 Å². The maximum atomic E-state index is 13.8. The van der Waals surface area contributed by atoms with Crippen molar-refractivity contribution in [1.82, 2.24) is 15.3 Å². The Morgan fingerprint density at radius 3 is 2.25 bits per heavy atom. The van der Waals surface area contributed by atoms with Crippen molar-refractivity contribution < 1.29 is 32.2 Å². The summed E-state index contributed by atoms with van der Waals surface area (Å²) in [5.41, 5.74) is -1.23. The lowest BCUT2D eigenvalue weighted by Gasteiger charge is -2.33. The summed E-state index contributed by atoms with van der Waals surface area (Å²) in [6, 6.07) is 5.42. The number of carbonyl (C=O) groups is 1. The van der Waals surface area contributed by atoms with Crippen molar-refractivity contribution in [2.24, 2.45) is 5.92 Å². The average molecular weight is 511 g/mol. The highest BCUT2D eigenvalue weighted by molar-refractivity contribution is 5.68. The Morgan fingerprint density at radius 2 is 1.75 bits per heavy atom. The largest absolute Gasteiger partial charge is 0.491 e. The van der Waals surface area contributed by atoms with E-state index in [1.807, 2.05) is 13.8 Å². The summed E-state index contributed by atoms with van der Waals surface area (Å²) in [5.74, 6) is -0.169. The van der Waals surface area contributed by atoms with E-state index in [9.17, 15) is 18.0 Å². The second kappa shape index (κ2) is 12.5. The third-order valence-corrected chi connectivity index (χ3v) is 4.59. The maximum absolute atomic E-state index is 13.8. The first-order valence-corrected chi connectivity index (χ1v) is 11.2.